The lowest BCUT2D eigenvalue weighted by molar-refractivity contribution is -0.123. The Morgan fingerprint density at radius 3 is 1.45 bits per heavy atom. The number of carbonyl (C=O) groups is 2. The van der Waals surface area contributed by atoms with Crippen LogP contribution < -0.4 is 0 Å². The third kappa shape index (κ3) is 5.41. The van der Waals surface area contributed by atoms with Crippen LogP contribution in [0, 0.1) is 0 Å². The van der Waals surface area contributed by atoms with Crippen LogP contribution in [0.25, 0.3) is 21.8 Å². The highest BCUT2D eigenvalue weighted by molar-refractivity contribution is 9.10. The largest absolute Gasteiger partial charge is 0.493 e. The van der Waals surface area contributed by atoms with E-state index in [0.717, 1.165) is 20.0 Å². The lowest BCUT2D eigenvalue weighted by Gasteiger charge is -2.10. The van der Waals surface area contributed by atoms with Gasteiger partial charge in [0, 0.05) is 44.6 Å². The number of nitrogens with zero attached hydrogens (tertiary/aromatic N) is 6. The van der Waals surface area contributed by atoms with Gasteiger partial charge in [-0.25, -0.2) is 0 Å². The van der Waals surface area contributed by atoms with Crippen LogP contribution in [-0.2, 0) is 9.59 Å². The van der Waals surface area contributed by atoms with Crippen molar-refractivity contribution in [3.63, 3.8) is 0 Å². The number of rotatable bonds is 7. The number of benzene rings is 2. The summed E-state index contributed by atoms with van der Waals surface area (Å²) in [7, 11) is 0. The molecule has 0 saturated heterocycles. The molecule has 2 amide bonds. The maximum absolute atomic E-state index is 12.4. The van der Waals surface area contributed by atoms with E-state index < -0.39 is 11.8 Å². The lowest BCUT2D eigenvalue weighted by atomic mass is 10.2. The van der Waals surface area contributed by atoms with E-state index in [1.165, 1.54) is 0 Å². The average Bonchev–Trinajstić information content (AvgIpc) is 3.28. The normalized spacial score (nSPS) is 12.3. The highest BCUT2D eigenvalue weighted by atomic mass is 79.9. The van der Waals surface area contributed by atoms with Gasteiger partial charge >= 0.3 is 0 Å². The molecule has 2 N–H and O–H groups in total. The van der Waals surface area contributed by atoms with E-state index in [2.05, 4.69) is 52.3 Å². The van der Waals surface area contributed by atoms with E-state index in [0.29, 0.717) is 10.8 Å². The molecule has 0 radical (unpaired) electrons. The minimum atomic E-state index is -0.642. The van der Waals surface area contributed by atoms with Crippen LogP contribution in [0.2, 0.25) is 0 Å². The van der Waals surface area contributed by atoms with Crippen molar-refractivity contribution in [2.75, 3.05) is 0 Å². The maximum atomic E-state index is 12.4. The minimum absolute atomic E-state index is 0.0450. The first kappa shape index (κ1) is 27.6. The minimum Gasteiger partial charge on any atom is -0.493 e. The summed E-state index contributed by atoms with van der Waals surface area (Å²) < 4.78 is 4.99. The Bertz CT molecular complexity index is 1500. The first-order valence-electron chi connectivity index (χ1n) is 11.9. The number of hydrogen-bond donors (Lipinski definition) is 2. The van der Waals surface area contributed by atoms with E-state index in [-0.39, 0.29) is 48.1 Å². The van der Waals surface area contributed by atoms with E-state index in [1.807, 2.05) is 52.0 Å². The van der Waals surface area contributed by atoms with Crippen molar-refractivity contribution in [3.05, 3.63) is 45.3 Å². The molecule has 2 aromatic heterocycles. The number of halogens is 2. The first-order valence-corrected chi connectivity index (χ1v) is 13.5. The molecule has 2 heterocycles. The van der Waals surface area contributed by atoms with Crippen molar-refractivity contribution in [2.24, 2.45) is 20.5 Å². The summed E-state index contributed by atoms with van der Waals surface area (Å²) in [6, 6.07) is 10.9. The van der Waals surface area contributed by atoms with Crippen LogP contribution >= 0.6 is 31.9 Å². The molecule has 0 bridgehead atoms. The Kier molecular flexibility index (Phi) is 8.12. The van der Waals surface area contributed by atoms with Gasteiger partial charge in [0.1, 0.15) is 0 Å². The van der Waals surface area contributed by atoms with Crippen molar-refractivity contribution in [3.8, 4) is 11.8 Å². The van der Waals surface area contributed by atoms with Gasteiger partial charge in [0.05, 0.1) is 11.0 Å². The topological polar surface area (TPSA) is 134 Å². The standard InChI is InChI=1S/C26H26Br2N6O4/c1-13(2)33-19-7-5-15(27)11-17(19)23(25(33)37)31-29-21(35)9-10-22(36)30-32-24-18-12-16(28)6-8-20(18)34(14(3)4)26(24)38/h5-8,11-14,37-38H,9-10H2,1-4H3. The van der Waals surface area contributed by atoms with E-state index in [1.54, 1.807) is 21.3 Å². The van der Waals surface area contributed by atoms with Crippen molar-refractivity contribution in [1.82, 2.24) is 9.13 Å². The number of amides is 2. The Morgan fingerprint density at radius 1 is 0.737 bits per heavy atom. The Balaban J connectivity index is 1.49. The van der Waals surface area contributed by atoms with Crippen molar-refractivity contribution in [1.29, 1.82) is 0 Å². The predicted octanol–water partition coefficient (Wildman–Crippen LogP) is 8.40. The second-order valence-electron chi connectivity index (χ2n) is 9.28. The molecule has 4 aromatic rings. The Morgan fingerprint density at radius 2 is 1.11 bits per heavy atom. The molecule has 0 unspecified atom stereocenters. The molecular weight excluding hydrogens is 620 g/mol. The summed E-state index contributed by atoms with van der Waals surface area (Å²) in [6.07, 6.45) is -0.472. The summed E-state index contributed by atoms with van der Waals surface area (Å²) in [4.78, 5) is 24.7. The highest BCUT2D eigenvalue weighted by Crippen LogP contribution is 2.43. The third-order valence-electron chi connectivity index (χ3n) is 5.94. The number of hydrogen-bond acceptors (Lipinski definition) is 6. The number of aromatic nitrogens is 2. The van der Waals surface area contributed by atoms with E-state index in [4.69, 9.17) is 0 Å². The smallest absolute Gasteiger partial charge is 0.265 e. The first-order chi connectivity index (χ1) is 18.0. The second-order valence-corrected chi connectivity index (χ2v) is 11.1. The molecule has 0 spiro atoms. The van der Waals surface area contributed by atoms with Gasteiger partial charge in [-0.1, -0.05) is 31.9 Å². The van der Waals surface area contributed by atoms with Crippen molar-refractivity contribution >= 4 is 76.9 Å². The van der Waals surface area contributed by atoms with Gasteiger partial charge in [0.25, 0.3) is 11.8 Å². The van der Waals surface area contributed by atoms with Crippen LogP contribution in [-0.4, -0.2) is 31.2 Å². The summed E-state index contributed by atoms with van der Waals surface area (Å²) >= 11 is 6.83. The molecule has 38 heavy (non-hydrogen) atoms. The molecule has 2 aromatic carbocycles. The zero-order chi connectivity index (χ0) is 27.7. The molecule has 0 aliphatic heterocycles. The highest BCUT2D eigenvalue weighted by Gasteiger charge is 2.20. The molecule has 4 rings (SSSR count). The number of azo groups is 2. The van der Waals surface area contributed by atoms with Gasteiger partial charge in [-0.2, -0.15) is 0 Å². The van der Waals surface area contributed by atoms with Gasteiger partial charge in [-0.05, 0) is 64.1 Å². The zero-order valence-electron chi connectivity index (χ0n) is 21.2. The Labute approximate surface area is 235 Å². The lowest BCUT2D eigenvalue weighted by Crippen LogP contribution is -1.99. The predicted molar refractivity (Wildman–Crippen MR) is 152 cm³/mol. The fourth-order valence-corrected chi connectivity index (χ4v) is 5.00. The fraction of sp³-hybridized carbons (Fsp3) is 0.308. The summed E-state index contributed by atoms with van der Waals surface area (Å²) in [5.41, 5.74) is 1.87. The summed E-state index contributed by atoms with van der Waals surface area (Å²) in [6.45, 7) is 7.69. The van der Waals surface area contributed by atoms with Gasteiger partial charge in [-0.15, -0.1) is 20.5 Å². The molecule has 0 saturated carbocycles. The third-order valence-corrected chi connectivity index (χ3v) is 6.92. The van der Waals surface area contributed by atoms with Gasteiger partial charge in [0.15, 0.2) is 11.4 Å². The molecule has 0 fully saturated rings. The van der Waals surface area contributed by atoms with Crippen LogP contribution in [0.5, 0.6) is 11.8 Å². The van der Waals surface area contributed by atoms with Crippen LogP contribution in [0.3, 0.4) is 0 Å². The molecule has 0 aliphatic carbocycles. The monoisotopic (exact) mass is 644 g/mol. The summed E-state index contributed by atoms with van der Waals surface area (Å²) in [5.74, 6) is -1.48. The number of carbonyl (C=O) groups excluding carboxylic acids is 2. The van der Waals surface area contributed by atoms with E-state index in [9.17, 15) is 19.8 Å². The van der Waals surface area contributed by atoms with Crippen LogP contribution in [0.1, 0.15) is 52.6 Å². The van der Waals surface area contributed by atoms with Crippen molar-refractivity contribution < 1.29 is 19.8 Å². The average molecular weight is 646 g/mol. The Hall–Kier alpha value is -3.38. The molecular formula is C26H26Br2N6O4. The zero-order valence-corrected chi connectivity index (χ0v) is 24.4. The summed E-state index contributed by atoms with van der Waals surface area (Å²) in [5, 5.41) is 38.1. The molecule has 10 nitrogen and oxygen atoms in total. The van der Waals surface area contributed by atoms with Crippen LogP contribution in [0.15, 0.2) is 65.8 Å². The van der Waals surface area contributed by atoms with Crippen molar-refractivity contribution in [2.45, 2.75) is 52.6 Å². The van der Waals surface area contributed by atoms with Gasteiger partial charge < -0.3 is 19.3 Å². The number of aromatic hydroxyl groups is 2. The maximum Gasteiger partial charge on any atom is 0.265 e. The molecule has 12 heteroatoms. The van der Waals surface area contributed by atoms with Gasteiger partial charge in [-0.3, -0.25) is 9.59 Å². The molecule has 0 atom stereocenters. The van der Waals surface area contributed by atoms with Crippen LogP contribution in [0.4, 0.5) is 11.4 Å². The SMILES string of the molecule is CC(C)n1c(O)c(N=NC(=O)CCC(=O)N=Nc2c(O)n(C(C)C)c3ccc(Br)cc23)c2cc(Br)ccc21. The second kappa shape index (κ2) is 11.2. The fourth-order valence-electron chi connectivity index (χ4n) is 4.28. The molecule has 0 aliphatic rings. The number of fused-ring (bicyclic) bond motifs is 2. The van der Waals surface area contributed by atoms with E-state index >= 15 is 0 Å². The van der Waals surface area contributed by atoms with Gasteiger partial charge in [0.2, 0.25) is 11.8 Å². The quantitative estimate of drug-likeness (QED) is 0.195. The molecule has 198 valence electrons.